The smallest absolute Gasteiger partial charge is 0.119 e. The first-order valence-electron chi connectivity index (χ1n) is 8.12. The number of nitrogens with zero attached hydrogens (tertiary/aromatic N) is 1. The van der Waals surface area contributed by atoms with Gasteiger partial charge in [-0.3, -0.25) is 0 Å². The molecule has 1 aromatic carbocycles. The quantitative estimate of drug-likeness (QED) is 0.888. The number of phenolic OH excluding ortho intramolecular Hbond substituents is 1. The van der Waals surface area contributed by atoms with Crippen LogP contribution in [0.3, 0.4) is 0 Å². The van der Waals surface area contributed by atoms with Crippen molar-refractivity contribution >= 4 is 0 Å². The van der Waals surface area contributed by atoms with Crippen molar-refractivity contribution < 1.29 is 5.11 Å². The summed E-state index contributed by atoms with van der Waals surface area (Å²) >= 11 is 0. The van der Waals surface area contributed by atoms with Crippen LogP contribution < -0.4 is 5.32 Å². The van der Waals surface area contributed by atoms with E-state index in [1.807, 2.05) is 12.1 Å². The Morgan fingerprint density at radius 1 is 1.05 bits per heavy atom. The maximum absolute atomic E-state index is 9.92. The SMILES string of the molecule is Oc1cccc2c1CCC2NC1CCN(C2CC2)CC1. The van der Waals surface area contributed by atoms with Crippen molar-refractivity contribution in [3.8, 4) is 5.75 Å². The Labute approximate surface area is 121 Å². The summed E-state index contributed by atoms with van der Waals surface area (Å²) in [6.45, 7) is 2.53. The Hall–Kier alpha value is -1.06. The second kappa shape index (κ2) is 5.05. The topological polar surface area (TPSA) is 35.5 Å². The first kappa shape index (κ1) is 12.7. The van der Waals surface area contributed by atoms with E-state index >= 15 is 0 Å². The van der Waals surface area contributed by atoms with Crippen molar-refractivity contribution in [1.29, 1.82) is 0 Å². The van der Waals surface area contributed by atoms with Crippen LogP contribution in [-0.2, 0) is 6.42 Å². The zero-order valence-corrected chi connectivity index (χ0v) is 12.0. The number of aromatic hydroxyl groups is 1. The van der Waals surface area contributed by atoms with Gasteiger partial charge in [-0.1, -0.05) is 12.1 Å². The summed E-state index contributed by atoms with van der Waals surface area (Å²) in [4.78, 5) is 2.67. The molecule has 20 heavy (non-hydrogen) atoms. The lowest BCUT2D eigenvalue weighted by molar-refractivity contribution is 0.183. The summed E-state index contributed by atoms with van der Waals surface area (Å²) in [6, 6.07) is 8.00. The number of rotatable bonds is 3. The second-order valence-corrected chi connectivity index (χ2v) is 6.64. The molecule has 108 valence electrons. The van der Waals surface area contributed by atoms with Crippen LogP contribution in [0.15, 0.2) is 18.2 Å². The molecule has 2 N–H and O–H groups in total. The molecule has 2 aliphatic carbocycles. The number of likely N-dealkylation sites (tertiary alicyclic amines) is 1. The maximum Gasteiger partial charge on any atom is 0.119 e. The number of nitrogens with one attached hydrogen (secondary N) is 1. The molecular formula is C17H24N2O. The summed E-state index contributed by atoms with van der Waals surface area (Å²) < 4.78 is 0. The summed E-state index contributed by atoms with van der Waals surface area (Å²) in [5.74, 6) is 0.482. The number of piperidine rings is 1. The molecule has 1 saturated carbocycles. The predicted molar refractivity (Wildman–Crippen MR) is 79.9 cm³/mol. The lowest BCUT2D eigenvalue weighted by Crippen LogP contribution is -2.44. The van der Waals surface area contributed by atoms with Crippen LogP contribution in [0, 0.1) is 0 Å². The zero-order valence-electron chi connectivity index (χ0n) is 12.0. The third-order valence-corrected chi connectivity index (χ3v) is 5.28. The van der Waals surface area contributed by atoms with E-state index in [4.69, 9.17) is 0 Å². The molecule has 0 spiro atoms. The van der Waals surface area contributed by atoms with Gasteiger partial charge in [0.1, 0.15) is 5.75 Å². The van der Waals surface area contributed by atoms with Gasteiger partial charge >= 0.3 is 0 Å². The Bertz CT molecular complexity index is 490. The standard InChI is InChI=1S/C17H24N2O/c20-17-3-1-2-14-15(17)6-7-16(14)18-12-8-10-19(11-9-12)13-4-5-13/h1-3,12-13,16,18,20H,4-11H2. The molecule has 0 aromatic heterocycles. The molecule has 3 heteroatoms. The molecule has 0 radical (unpaired) electrons. The van der Waals surface area contributed by atoms with E-state index in [2.05, 4.69) is 16.3 Å². The van der Waals surface area contributed by atoms with Crippen LogP contribution in [0.1, 0.15) is 49.3 Å². The highest BCUT2D eigenvalue weighted by Crippen LogP contribution is 2.37. The minimum absolute atomic E-state index is 0.453. The lowest BCUT2D eigenvalue weighted by Gasteiger charge is -2.34. The Morgan fingerprint density at radius 3 is 2.60 bits per heavy atom. The summed E-state index contributed by atoms with van der Waals surface area (Å²) in [5.41, 5.74) is 2.50. The highest BCUT2D eigenvalue weighted by Gasteiger charge is 2.33. The number of hydrogen-bond donors (Lipinski definition) is 2. The average Bonchev–Trinajstić information content (AvgIpc) is 3.23. The van der Waals surface area contributed by atoms with Gasteiger partial charge in [0.2, 0.25) is 0 Å². The van der Waals surface area contributed by atoms with Gasteiger partial charge in [-0.2, -0.15) is 0 Å². The van der Waals surface area contributed by atoms with E-state index in [1.165, 1.54) is 49.9 Å². The first-order valence-corrected chi connectivity index (χ1v) is 8.12. The highest BCUT2D eigenvalue weighted by atomic mass is 16.3. The molecule has 1 heterocycles. The van der Waals surface area contributed by atoms with E-state index in [9.17, 15) is 5.11 Å². The minimum atomic E-state index is 0.453. The second-order valence-electron chi connectivity index (χ2n) is 6.64. The molecule has 1 atom stereocenters. The van der Waals surface area contributed by atoms with Crippen molar-refractivity contribution in [2.75, 3.05) is 13.1 Å². The van der Waals surface area contributed by atoms with Crippen LogP contribution >= 0.6 is 0 Å². The van der Waals surface area contributed by atoms with E-state index < -0.39 is 0 Å². The molecule has 1 aliphatic heterocycles. The third kappa shape index (κ3) is 2.33. The highest BCUT2D eigenvalue weighted by molar-refractivity contribution is 5.44. The molecule has 1 unspecified atom stereocenters. The molecule has 0 bridgehead atoms. The van der Waals surface area contributed by atoms with Crippen LogP contribution in [0.4, 0.5) is 0 Å². The van der Waals surface area contributed by atoms with Gasteiger partial charge in [0, 0.05) is 18.1 Å². The Morgan fingerprint density at radius 2 is 1.85 bits per heavy atom. The van der Waals surface area contributed by atoms with E-state index in [0.29, 0.717) is 17.8 Å². The maximum atomic E-state index is 9.92. The van der Waals surface area contributed by atoms with Crippen LogP contribution in [0.2, 0.25) is 0 Å². The average molecular weight is 272 g/mol. The van der Waals surface area contributed by atoms with Gasteiger partial charge in [0.15, 0.2) is 0 Å². The van der Waals surface area contributed by atoms with Crippen LogP contribution in [0.25, 0.3) is 0 Å². The van der Waals surface area contributed by atoms with Crippen molar-refractivity contribution in [3.63, 3.8) is 0 Å². The van der Waals surface area contributed by atoms with Crippen molar-refractivity contribution in [1.82, 2.24) is 10.2 Å². The van der Waals surface area contributed by atoms with Crippen molar-refractivity contribution in [3.05, 3.63) is 29.3 Å². The molecule has 3 nitrogen and oxygen atoms in total. The van der Waals surface area contributed by atoms with E-state index in [-0.39, 0.29) is 0 Å². The van der Waals surface area contributed by atoms with Crippen molar-refractivity contribution in [2.45, 2.75) is 56.7 Å². The normalized spacial score (nSPS) is 27.7. The van der Waals surface area contributed by atoms with E-state index in [1.54, 1.807) is 0 Å². The zero-order chi connectivity index (χ0) is 13.5. The summed E-state index contributed by atoms with van der Waals surface area (Å²) in [7, 11) is 0. The Balaban J connectivity index is 1.38. The van der Waals surface area contributed by atoms with E-state index in [0.717, 1.165) is 18.9 Å². The Kier molecular flexibility index (Phi) is 3.20. The fourth-order valence-electron chi connectivity index (χ4n) is 3.96. The fourth-order valence-corrected chi connectivity index (χ4v) is 3.96. The minimum Gasteiger partial charge on any atom is -0.508 e. The lowest BCUT2D eigenvalue weighted by atomic mass is 10.0. The predicted octanol–water partition coefficient (Wildman–Crippen LogP) is 2.60. The van der Waals surface area contributed by atoms with Crippen molar-refractivity contribution in [2.24, 2.45) is 0 Å². The number of hydrogen-bond acceptors (Lipinski definition) is 3. The molecule has 1 aromatic rings. The molecule has 0 amide bonds. The molecule has 1 saturated heterocycles. The van der Waals surface area contributed by atoms with Gasteiger partial charge in [-0.15, -0.1) is 0 Å². The summed E-state index contributed by atoms with van der Waals surface area (Å²) in [6.07, 6.45) is 7.55. The number of phenols is 1. The molecule has 4 rings (SSSR count). The van der Waals surface area contributed by atoms with Gasteiger partial charge in [-0.05, 0) is 68.8 Å². The molecule has 2 fully saturated rings. The molecule has 3 aliphatic rings. The van der Waals surface area contributed by atoms with Gasteiger partial charge < -0.3 is 15.3 Å². The first-order chi connectivity index (χ1) is 9.81. The molecular weight excluding hydrogens is 248 g/mol. The largest absolute Gasteiger partial charge is 0.508 e. The van der Waals surface area contributed by atoms with Crippen LogP contribution in [-0.4, -0.2) is 35.2 Å². The number of fused-ring (bicyclic) bond motifs is 1. The van der Waals surface area contributed by atoms with Gasteiger partial charge in [-0.25, -0.2) is 0 Å². The van der Waals surface area contributed by atoms with Crippen LogP contribution in [0.5, 0.6) is 5.75 Å². The monoisotopic (exact) mass is 272 g/mol. The van der Waals surface area contributed by atoms with Gasteiger partial charge in [0.25, 0.3) is 0 Å². The van der Waals surface area contributed by atoms with Gasteiger partial charge in [0.05, 0.1) is 0 Å². The fraction of sp³-hybridized carbons (Fsp3) is 0.647. The summed E-state index contributed by atoms with van der Waals surface area (Å²) in [5, 5.41) is 13.8. The number of benzene rings is 1. The third-order valence-electron chi connectivity index (χ3n) is 5.28.